The van der Waals surface area contributed by atoms with E-state index in [1.165, 1.54) is 64.2 Å². The van der Waals surface area contributed by atoms with Crippen molar-refractivity contribution in [3.63, 3.8) is 0 Å². The Morgan fingerprint density at radius 1 is 0.875 bits per heavy atom. The van der Waals surface area contributed by atoms with Gasteiger partial charge in [0, 0.05) is 5.92 Å². The van der Waals surface area contributed by atoms with Crippen LogP contribution in [0.25, 0.3) is 0 Å². The predicted molar refractivity (Wildman–Crippen MR) is 65.3 cm³/mol. The molecule has 16 heavy (non-hydrogen) atoms. The maximum atomic E-state index is 4.32. The monoisotopic (exact) mass is 221 g/mol. The fraction of sp³-hybridized carbons (Fsp3) is 0.846. The molecular weight excluding hydrogens is 198 g/mol. The van der Waals surface area contributed by atoms with Crippen LogP contribution in [0.1, 0.15) is 76.0 Å². The van der Waals surface area contributed by atoms with Gasteiger partial charge in [-0.2, -0.15) is 5.10 Å². The van der Waals surface area contributed by atoms with E-state index >= 15 is 0 Å². The van der Waals surface area contributed by atoms with Crippen molar-refractivity contribution in [2.45, 2.75) is 70.1 Å². The van der Waals surface area contributed by atoms with Crippen LogP contribution in [0.2, 0.25) is 0 Å². The summed E-state index contributed by atoms with van der Waals surface area (Å²) in [5, 5.41) is 7.02. The molecule has 0 aliphatic heterocycles. The number of hydrogen-bond acceptors (Lipinski definition) is 2. The highest BCUT2D eigenvalue weighted by Gasteiger charge is 2.14. The van der Waals surface area contributed by atoms with E-state index in [1.54, 1.807) is 6.33 Å². The quantitative estimate of drug-likeness (QED) is 0.783. The highest BCUT2D eigenvalue weighted by atomic mass is 15.2. The Hall–Kier alpha value is -0.860. The van der Waals surface area contributed by atoms with E-state index in [0.29, 0.717) is 5.92 Å². The first-order valence-corrected chi connectivity index (χ1v) is 6.82. The van der Waals surface area contributed by atoms with E-state index < -0.39 is 0 Å². The number of H-pyrrole nitrogens is 1. The van der Waals surface area contributed by atoms with Crippen LogP contribution in [0, 0.1) is 0 Å². The van der Waals surface area contributed by atoms with Crippen molar-refractivity contribution >= 4 is 0 Å². The SMILES string of the molecule is c1n[nH]c(C2CCCCCCCCCC2)n1. The van der Waals surface area contributed by atoms with Crippen molar-refractivity contribution in [3.8, 4) is 0 Å². The van der Waals surface area contributed by atoms with Gasteiger partial charge in [-0.05, 0) is 12.8 Å². The summed E-state index contributed by atoms with van der Waals surface area (Å²) in [6, 6.07) is 0. The van der Waals surface area contributed by atoms with Gasteiger partial charge in [-0.1, -0.05) is 51.4 Å². The second kappa shape index (κ2) is 6.66. The summed E-state index contributed by atoms with van der Waals surface area (Å²) in [6.45, 7) is 0. The number of hydrogen-bond donors (Lipinski definition) is 1. The zero-order chi connectivity index (χ0) is 11.1. The topological polar surface area (TPSA) is 41.6 Å². The van der Waals surface area contributed by atoms with E-state index in [4.69, 9.17) is 0 Å². The molecule has 0 saturated heterocycles. The maximum absolute atomic E-state index is 4.32. The smallest absolute Gasteiger partial charge is 0.137 e. The standard InChI is InChI=1S/C13H23N3/c1-2-4-6-8-10-12(9-7-5-3-1)13-14-11-15-16-13/h11-12H,1-10H2,(H,14,15,16). The van der Waals surface area contributed by atoms with Crippen LogP contribution < -0.4 is 0 Å². The highest BCUT2D eigenvalue weighted by molar-refractivity contribution is 4.92. The van der Waals surface area contributed by atoms with E-state index in [-0.39, 0.29) is 0 Å². The third kappa shape index (κ3) is 3.62. The van der Waals surface area contributed by atoms with Crippen molar-refractivity contribution in [1.29, 1.82) is 0 Å². The highest BCUT2D eigenvalue weighted by Crippen LogP contribution is 2.27. The molecule has 3 nitrogen and oxygen atoms in total. The van der Waals surface area contributed by atoms with Crippen LogP contribution in [0.4, 0.5) is 0 Å². The van der Waals surface area contributed by atoms with Gasteiger partial charge in [0.25, 0.3) is 0 Å². The summed E-state index contributed by atoms with van der Waals surface area (Å²) in [5.41, 5.74) is 0. The summed E-state index contributed by atoms with van der Waals surface area (Å²) in [5.74, 6) is 1.74. The summed E-state index contributed by atoms with van der Waals surface area (Å²) in [4.78, 5) is 4.32. The van der Waals surface area contributed by atoms with E-state index in [2.05, 4.69) is 15.2 Å². The molecule has 1 aliphatic carbocycles. The number of rotatable bonds is 1. The molecule has 1 fully saturated rings. The molecule has 0 amide bonds. The zero-order valence-electron chi connectivity index (χ0n) is 10.1. The molecule has 0 spiro atoms. The second-order valence-corrected chi connectivity index (χ2v) is 4.97. The van der Waals surface area contributed by atoms with Gasteiger partial charge >= 0.3 is 0 Å². The summed E-state index contributed by atoms with van der Waals surface area (Å²) in [6.07, 6.45) is 15.4. The Balaban J connectivity index is 1.88. The first kappa shape index (κ1) is 11.6. The van der Waals surface area contributed by atoms with Crippen LogP contribution in [0.3, 0.4) is 0 Å². The number of aromatic amines is 1. The Morgan fingerprint density at radius 2 is 1.44 bits per heavy atom. The minimum atomic E-state index is 0.626. The first-order chi connectivity index (χ1) is 7.97. The van der Waals surface area contributed by atoms with Gasteiger partial charge in [0.2, 0.25) is 0 Å². The van der Waals surface area contributed by atoms with E-state index in [0.717, 1.165) is 5.82 Å². The molecule has 0 unspecified atom stereocenters. The van der Waals surface area contributed by atoms with E-state index in [9.17, 15) is 0 Å². The van der Waals surface area contributed by atoms with Crippen LogP contribution in [-0.4, -0.2) is 15.2 Å². The average Bonchev–Trinajstić information content (AvgIpc) is 2.79. The lowest BCUT2D eigenvalue weighted by Gasteiger charge is -2.13. The van der Waals surface area contributed by atoms with Gasteiger partial charge in [-0.25, -0.2) is 4.98 Å². The number of nitrogens with one attached hydrogen (secondary N) is 1. The Bertz CT molecular complexity index is 257. The Labute approximate surface area is 98.1 Å². The van der Waals surface area contributed by atoms with Gasteiger partial charge in [-0.3, -0.25) is 5.10 Å². The van der Waals surface area contributed by atoms with Crippen molar-refractivity contribution in [2.75, 3.05) is 0 Å². The minimum Gasteiger partial charge on any atom is -0.263 e. The summed E-state index contributed by atoms with van der Waals surface area (Å²) in [7, 11) is 0. The molecular formula is C13H23N3. The zero-order valence-corrected chi connectivity index (χ0v) is 10.1. The molecule has 0 aromatic carbocycles. The van der Waals surface area contributed by atoms with Crippen LogP contribution in [0.15, 0.2) is 6.33 Å². The third-order valence-corrected chi connectivity index (χ3v) is 3.68. The lowest BCUT2D eigenvalue weighted by Crippen LogP contribution is -2.02. The summed E-state index contributed by atoms with van der Waals surface area (Å²) >= 11 is 0. The molecule has 90 valence electrons. The fourth-order valence-corrected chi connectivity index (χ4v) is 2.67. The maximum Gasteiger partial charge on any atom is 0.137 e. The van der Waals surface area contributed by atoms with Gasteiger partial charge in [0.05, 0.1) is 0 Å². The van der Waals surface area contributed by atoms with Gasteiger partial charge in [-0.15, -0.1) is 0 Å². The van der Waals surface area contributed by atoms with Crippen LogP contribution in [-0.2, 0) is 0 Å². The molecule has 1 N–H and O–H groups in total. The Morgan fingerprint density at radius 3 is 1.94 bits per heavy atom. The molecule has 1 saturated carbocycles. The molecule has 2 rings (SSSR count). The molecule has 1 heterocycles. The van der Waals surface area contributed by atoms with Gasteiger partial charge in [0.15, 0.2) is 0 Å². The third-order valence-electron chi connectivity index (χ3n) is 3.68. The second-order valence-electron chi connectivity index (χ2n) is 4.97. The Kier molecular flexibility index (Phi) is 4.84. The van der Waals surface area contributed by atoms with Crippen molar-refractivity contribution in [1.82, 2.24) is 15.2 Å². The lowest BCUT2D eigenvalue weighted by atomic mass is 9.95. The van der Waals surface area contributed by atoms with Crippen molar-refractivity contribution < 1.29 is 0 Å². The van der Waals surface area contributed by atoms with Gasteiger partial charge < -0.3 is 0 Å². The molecule has 3 heteroatoms. The van der Waals surface area contributed by atoms with Crippen molar-refractivity contribution in [2.24, 2.45) is 0 Å². The average molecular weight is 221 g/mol. The van der Waals surface area contributed by atoms with Crippen molar-refractivity contribution in [3.05, 3.63) is 12.2 Å². The summed E-state index contributed by atoms with van der Waals surface area (Å²) < 4.78 is 0. The van der Waals surface area contributed by atoms with Crippen LogP contribution in [0.5, 0.6) is 0 Å². The number of aromatic nitrogens is 3. The van der Waals surface area contributed by atoms with Crippen LogP contribution >= 0.6 is 0 Å². The van der Waals surface area contributed by atoms with E-state index in [1.807, 2.05) is 0 Å². The molecule has 1 aromatic rings. The first-order valence-electron chi connectivity index (χ1n) is 6.82. The number of nitrogens with zero attached hydrogens (tertiary/aromatic N) is 2. The molecule has 1 aromatic heterocycles. The normalized spacial score (nSPS) is 21.5. The minimum absolute atomic E-state index is 0.626. The lowest BCUT2D eigenvalue weighted by molar-refractivity contribution is 0.495. The fourth-order valence-electron chi connectivity index (χ4n) is 2.67. The molecule has 0 bridgehead atoms. The molecule has 0 atom stereocenters. The predicted octanol–water partition coefficient (Wildman–Crippen LogP) is 3.80. The molecule has 0 radical (unpaired) electrons. The largest absolute Gasteiger partial charge is 0.263 e. The van der Waals surface area contributed by atoms with Gasteiger partial charge in [0.1, 0.15) is 12.2 Å². The molecule has 1 aliphatic rings.